The third-order valence-electron chi connectivity index (χ3n) is 1.47. The molecule has 1 aromatic rings. The molecule has 1 aromatic carbocycles. The van der Waals surface area contributed by atoms with Gasteiger partial charge in [0.2, 0.25) is 0 Å². The van der Waals surface area contributed by atoms with E-state index in [1.165, 1.54) is 0 Å². The fraction of sp³-hybridized carbons (Fsp3) is 0.333. The van der Waals surface area contributed by atoms with Crippen LogP contribution in [-0.4, -0.2) is 24.5 Å². The van der Waals surface area contributed by atoms with Crippen LogP contribution >= 0.6 is 0 Å². The third kappa shape index (κ3) is 2.08. The summed E-state index contributed by atoms with van der Waals surface area (Å²) in [6, 6.07) is 6.37. The number of benzene rings is 1. The Kier molecular flexibility index (Phi) is 1.55. The van der Waals surface area contributed by atoms with E-state index >= 15 is 0 Å². The maximum absolute atomic E-state index is 11.1. The molecule has 0 aliphatic heterocycles. The van der Waals surface area contributed by atoms with Gasteiger partial charge in [-0.1, -0.05) is 0 Å². The molecule has 0 N–H and O–H groups in total. The Hall–Kier alpha value is -0.830. The van der Waals surface area contributed by atoms with Gasteiger partial charge in [0.05, 0.1) is 0 Å². The summed E-state index contributed by atoms with van der Waals surface area (Å²) in [5.41, 5.74) is 0.444. The van der Waals surface area contributed by atoms with Crippen molar-refractivity contribution in [2.24, 2.45) is 0 Å². The Morgan fingerprint density at radius 2 is 1.92 bits per heavy atom. The van der Waals surface area contributed by atoms with Gasteiger partial charge in [0.15, 0.2) is 0 Å². The van der Waals surface area contributed by atoms with Crippen molar-refractivity contribution >= 4 is 16.5 Å². The van der Waals surface area contributed by atoms with E-state index in [9.17, 15) is 4.21 Å². The minimum Gasteiger partial charge on any atom is -0.378 e. The second-order valence-electron chi connectivity index (χ2n) is 2.36. The largest absolute Gasteiger partial charge is 0.378 e. The van der Waals surface area contributed by atoms with Gasteiger partial charge in [-0.25, -0.2) is 0 Å². The molecule has 0 saturated carbocycles. The molecular formula is C9H13NOS. The van der Waals surface area contributed by atoms with Gasteiger partial charge in [0, 0.05) is 47.1 Å². The molecule has 0 bridgehead atoms. The molecule has 12 heavy (non-hydrogen) atoms. The monoisotopic (exact) mass is 189 g/mol. The molecule has 0 amide bonds. The van der Waals surface area contributed by atoms with E-state index in [0.717, 1.165) is 4.90 Å². The highest BCUT2D eigenvalue weighted by Crippen LogP contribution is 2.13. The molecular weight excluding hydrogens is 172 g/mol. The number of rotatable bonds is 2. The van der Waals surface area contributed by atoms with E-state index in [4.69, 9.17) is 5.48 Å². The number of hydrogen-bond donors (Lipinski definition) is 0. The first kappa shape index (κ1) is 5.02. The summed E-state index contributed by atoms with van der Waals surface area (Å²) in [4.78, 5) is 1.66. The standard InChI is InChI=1S/C9H13NOS/c1-10(2)8-4-6-9(7-5-8)12(3)11/h4-7H,1-3H3/i1+1D2,2+1D2. The molecule has 0 aliphatic rings. The van der Waals surface area contributed by atoms with Gasteiger partial charge in [0.1, 0.15) is 0 Å². The normalized spacial score (nSPS) is 17.9. The second-order valence-corrected chi connectivity index (χ2v) is 3.73. The van der Waals surface area contributed by atoms with Crippen molar-refractivity contribution in [3.63, 3.8) is 0 Å². The van der Waals surface area contributed by atoms with Crippen molar-refractivity contribution < 1.29 is 9.69 Å². The Bertz CT molecular complexity index is 360. The zero-order valence-electron chi connectivity index (χ0n) is 10.7. The SMILES string of the molecule is [2H][13CH]([2H])N(c1ccc(S(C)=O)cc1)[13CH]([2H])[2H]. The lowest BCUT2D eigenvalue weighted by Gasteiger charge is -2.11. The first-order chi connectivity index (χ1) is 7.43. The minimum atomic E-state index is -1.40. The minimum absolute atomic E-state index is 0.444. The van der Waals surface area contributed by atoms with Crippen molar-refractivity contribution in [1.82, 2.24) is 0 Å². The lowest BCUT2D eigenvalue weighted by atomic mass is 10.3. The summed E-state index contributed by atoms with van der Waals surface area (Å²) in [6.45, 7) is -2.81. The molecule has 66 valence electrons. The summed E-state index contributed by atoms with van der Waals surface area (Å²) >= 11 is 0. The van der Waals surface area contributed by atoms with Crippen molar-refractivity contribution in [2.45, 2.75) is 4.90 Å². The lowest BCUT2D eigenvalue weighted by Crippen LogP contribution is -2.08. The Balaban J connectivity index is 2.99. The van der Waals surface area contributed by atoms with Crippen molar-refractivity contribution in [3.8, 4) is 0 Å². The molecule has 0 radical (unpaired) electrons. The van der Waals surface area contributed by atoms with E-state index in [-0.39, 0.29) is 0 Å². The van der Waals surface area contributed by atoms with Crippen LogP contribution in [0, 0.1) is 0 Å². The van der Waals surface area contributed by atoms with Gasteiger partial charge in [0.25, 0.3) is 0 Å². The fourth-order valence-corrected chi connectivity index (χ4v) is 1.33. The number of hydrogen-bond acceptors (Lipinski definition) is 2. The smallest absolute Gasteiger partial charge is 0.0498 e. The van der Waals surface area contributed by atoms with Crippen molar-refractivity contribution in [2.75, 3.05) is 25.2 Å². The van der Waals surface area contributed by atoms with Gasteiger partial charge in [-0.15, -0.1) is 0 Å². The van der Waals surface area contributed by atoms with Crippen LogP contribution in [-0.2, 0) is 10.8 Å². The predicted octanol–water partition coefficient (Wildman–Crippen LogP) is 1.49. The van der Waals surface area contributed by atoms with Crippen LogP contribution in [0.25, 0.3) is 0 Å². The molecule has 0 heterocycles. The number of nitrogens with zero attached hydrogens (tertiary/aromatic N) is 1. The van der Waals surface area contributed by atoms with Gasteiger partial charge >= 0.3 is 0 Å². The van der Waals surface area contributed by atoms with E-state index < -0.39 is 24.8 Å². The van der Waals surface area contributed by atoms with Gasteiger partial charge < -0.3 is 4.90 Å². The van der Waals surface area contributed by atoms with E-state index in [1.54, 1.807) is 30.5 Å². The molecule has 1 atom stereocenters. The van der Waals surface area contributed by atoms with Crippen molar-refractivity contribution in [1.29, 1.82) is 0 Å². The van der Waals surface area contributed by atoms with Gasteiger partial charge in [-0.3, -0.25) is 4.21 Å². The lowest BCUT2D eigenvalue weighted by molar-refractivity contribution is 0.687. The Morgan fingerprint density at radius 3 is 2.33 bits per heavy atom. The zero-order valence-corrected chi connectivity index (χ0v) is 7.54. The molecule has 0 aromatic heterocycles. The summed E-state index contributed by atoms with van der Waals surface area (Å²) in [5, 5.41) is 0. The topological polar surface area (TPSA) is 20.3 Å². The molecule has 3 heteroatoms. The summed E-state index contributed by atoms with van der Waals surface area (Å²) in [5.74, 6) is 0. The summed E-state index contributed by atoms with van der Waals surface area (Å²) in [7, 11) is -1.08. The average molecular weight is 189 g/mol. The first-order valence-electron chi connectivity index (χ1n) is 5.65. The van der Waals surface area contributed by atoms with Crippen LogP contribution in [0.4, 0.5) is 5.69 Å². The van der Waals surface area contributed by atoms with Crippen LogP contribution in [0.5, 0.6) is 0 Å². The van der Waals surface area contributed by atoms with Crippen LogP contribution in [0.2, 0.25) is 0 Å². The summed E-state index contributed by atoms with van der Waals surface area (Å²) < 4.78 is 40.1. The molecule has 0 fully saturated rings. The molecule has 0 saturated heterocycles. The second kappa shape index (κ2) is 3.72. The van der Waals surface area contributed by atoms with E-state index in [2.05, 4.69) is 0 Å². The predicted molar refractivity (Wildman–Crippen MR) is 53.1 cm³/mol. The maximum atomic E-state index is 11.1. The average Bonchev–Trinajstić information content (AvgIpc) is 2.17. The fourth-order valence-electron chi connectivity index (χ4n) is 0.810. The van der Waals surface area contributed by atoms with Crippen LogP contribution < -0.4 is 4.90 Å². The van der Waals surface area contributed by atoms with Crippen LogP contribution in [0.1, 0.15) is 5.48 Å². The van der Waals surface area contributed by atoms with E-state index in [1.807, 2.05) is 0 Å². The highest BCUT2D eigenvalue weighted by atomic mass is 32.2. The molecule has 1 unspecified atom stereocenters. The quantitative estimate of drug-likeness (QED) is 0.657. The molecule has 0 aliphatic carbocycles. The highest BCUT2D eigenvalue weighted by molar-refractivity contribution is 7.84. The number of anilines is 1. The van der Waals surface area contributed by atoms with Gasteiger partial charge in [-0.2, -0.15) is 0 Å². The Labute approximate surface area is 81.3 Å². The van der Waals surface area contributed by atoms with E-state index in [0.29, 0.717) is 10.6 Å². The zero-order chi connectivity index (χ0) is 12.3. The summed E-state index contributed by atoms with van der Waals surface area (Å²) in [6.07, 6.45) is 1.56. The third-order valence-corrected chi connectivity index (χ3v) is 2.40. The molecule has 2 nitrogen and oxygen atoms in total. The molecule has 0 spiro atoms. The highest BCUT2D eigenvalue weighted by Gasteiger charge is 1.97. The first-order valence-corrected chi connectivity index (χ1v) is 4.90. The van der Waals surface area contributed by atoms with Crippen molar-refractivity contribution in [3.05, 3.63) is 24.3 Å². The Morgan fingerprint density at radius 1 is 1.33 bits per heavy atom. The molecule has 1 rings (SSSR count). The maximum Gasteiger partial charge on any atom is 0.0498 e. The van der Waals surface area contributed by atoms with Crippen LogP contribution in [0.3, 0.4) is 0 Å². The van der Waals surface area contributed by atoms with Gasteiger partial charge in [-0.05, 0) is 24.3 Å². The van der Waals surface area contributed by atoms with Crippen LogP contribution in [0.15, 0.2) is 29.2 Å².